The van der Waals surface area contributed by atoms with Gasteiger partial charge in [-0.1, -0.05) is 12.1 Å². The van der Waals surface area contributed by atoms with Gasteiger partial charge in [-0.25, -0.2) is 17.2 Å². The van der Waals surface area contributed by atoms with Gasteiger partial charge in [0.15, 0.2) is 11.6 Å². The van der Waals surface area contributed by atoms with E-state index in [0.29, 0.717) is 13.0 Å². The Hall–Kier alpha value is -3.01. The van der Waals surface area contributed by atoms with Gasteiger partial charge in [-0.05, 0) is 43.2 Å². The van der Waals surface area contributed by atoms with E-state index in [4.69, 9.17) is 0 Å². The number of carbonyl (C=O) groups excluding carboxylic acids is 2. The highest BCUT2D eigenvalue weighted by molar-refractivity contribution is 7.92. The molecule has 2 aromatic carbocycles. The normalized spacial score (nSPS) is 15.1. The molecule has 7 nitrogen and oxygen atoms in total. The Morgan fingerprint density at radius 1 is 1.19 bits per heavy atom. The van der Waals surface area contributed by atoms with Crippen molar-refractivity contribution in [2.75, 3.05) is 22.0 Å². The lowest BCUT2D eigenvalue weighted by molar-refractivity contribution is -0.122. The minimum atomic E-state index is -3.96. The van der Waals surface area contributed by atoms with Crippen LogP contribution in [0, 0.1) is 11.6 Å². The predicted octanol–water partition coefficient (Wildman–Crippen LogP) is 2.56. The van der Waals surface area contributed by atoms with Crippen molar-refractivity contribution in [3.63, 3.8) is 0 Å². The molecule has 1 saturated heterocycles. The Bertz CT molecular complexity index is 1110. The van der Waals surface area contributed by atoms with Crippen LogP contribution >= 0.6 is 0 Å². The van der Waals surface area contributed by atoms with Gasteiger partial charge in [-0.2, -0.15) is 0 Å². The van der Waals surface area contributed by atoms with E-state index >= 15 is 0 Å². The van der Waals surface area contributed by atoms with E-state index in [2.05, 4.69) is 5.32 Å². The monoisotopic (exact) mass is 451 g/mol. The first kappa shape index (κ1) is 22.7. The molecule has 1 fully saturated rings. The number of hydrogen-bond acceptors (Lipinski definition) is 4. The lowest BCUT2D eigenvalue weighted by atomic mass is 10.1. The van der Waals surface area contributed by atoms with E-state index in [-0.39, 0.29) is 18.1 Å². The van der Waals surface area contributed by atoms with E-state index in [0.717, 1.165) is 46.4 Å². The van der Waals surface area contributed by atoms with Gasteiger partial charge < -0.3 is 10.2 Å². The molecule has 0 bridgehead atoms. The van der Waals surface area contributed by atoms with Crippen LogP contribution in [0.15, 0.2) is 42.5 Å². The first-order valence-corrected chi connectivity index (χ1v) is 11.5. The van der Waals surface area contributed by atoms with Crippen molar-refractivity contribution in [3.8, 4) is 0 Å². The van der Waals surface area contributed by atoms with Crippen LogP contribution in [-0.2, 0) is 26.2 Å². The van der Waals surface area contributed by atoms with Gasteiger partial charge in [0.05, 0.1) is 11.9 Å². The zero-order valence-corrected chi connectivity index (χ0v) is 18.0. The third-order valence-corrected chi connectivity index (χ3v) is 6.25. The van der Waals surface area contributed by atoms with Gasteiger partial charge in [0, 0.05) is 31.3 Å². The number of hydrogen-bond donors (Lipinski definition) is 1. The number of carbonyl (C=O) groups is 2. The highest BCUT2D eigenvalue weighted by atomic mass is 32.2. The van der Waals surface area contributed by atoms with Gasteiger partial charge in [0.25, 0.3) is 0 Å². The average Bonchev–Trinajstić information content (AvgIpc) is 3.14. The minimum Gasteiger partial charge on any atom is -0.350 e. The quantitative estimate of drug-likeness (QED) is 0.701. The Balaban J connectivity index is 1.74. The number of amides is 2. The molecule has 10 heteroatoms. The van der Waals surface area contributed by atoms with Gasteiger partial charge in [0.2, 0.25) is 21.8 Å². The predicted molar refractivity (Wildman–Crippen MR) is 113 cm³/mol. The molecule has 3 rings (SSSR count). The minimum absolute atomic E-state index is 0.0464. The molecule has 1 unspecified atom stereocenters. The summed E-state index contributed by atoms with van der Waals surface area (Å²) in [5.41, 5.74) is 1.32. The van der Waals surface area contributed by atoms with E-state index < -0.39 is 33.6 Å². The Kier molecular flexibility index (Phi) is 6.59. The summed E-state index contributed by atoms with van der Waals surface area (Å²) in [4.78, 5) is 26.3. The van der Waals surface area contributed by atoms with Crippen molar-refractivity contribution >= 4 is 33.2 Å². The SMILES string of the molecule is CC(C(=O)NCc1cccc(N2CCCC2=O)c1)N(c1ccc(F)c(F)c1)S(C)(=O)=O. The van der Waals surface area contributed by atoms with Crippen LogP contribution in [0.1, 0.15) is 25.3 Å². The van der Waals surface area contributed by atoms with E-state index in [1.165, 1.54) is 6.92 Å². The third kappa shape index (κ3) is 5.19. The first-order valence-electron chi connectivity index (χ1n) is 9.69. The van der Waals surface area contributed by atoms with Gasteiger partial charge in [-0.3, -0.25) is 13.9 Å². The topological polar surface area (TPSA) is 86.8 Å². The zero-order valence-electron chi connectivity index (χ0n) is 17.1. The lowest BCUT2D eigenvalue weighted by Gasteiger charge is -2.28. The molecule has 2 aromatic rings. The molecule has 1 aliphatic rings. The summed E-state index contributed by atoms with van der Waals surface area (Å²) < 4.78 is 52.1. The molecule has 166 valence electrons. The largest absolute Gasteiger partial charge is 0.350 e. The first-order chi connectivity index (χ1) is 14.6. The Morgan fingerprint density at radius 3 is 2.55 bits per heavy atom. The fraction of sp³-hybridized carbons (Fsp3) is 0.333. The summed E-state index contributed by atoms with van der Waals surface area (Å²) in [6, 6.07) is 8.58. The molecule has 2 amide bonds. The van der Waals surface area contributed by atoms with Crippen molar-refractivity contribution in [2.45, 2.75) is 32.4 Å². The maximum absolute atomic E-state index is 13.6. The van der Waals surface area contributed by atoms with Crippen molar-refractivity contribution in [2.24, 2.45) is 0 Å². The Morgan fingerprint density at radius 2 is 1.94 bits per heavy atom. The lowest BCUT2D eigenvalue weighted by Crippen LogP contribution is -2.47. The second-order valence-electron chi connectivity index (χ2n) is 7.37. The fourth-order valence-corrected chi connectivity index (χ4v) is 4.69. The molecular weight excluding hydrogens is 428 g/mol. The Labute approximate surface area is 179 Å². The molecule has 1 aliphatic heterocycles. The number of nitrogens with zero attached hydrogens (tertiary/aromatic N) is 2. The molecule has 1 heterocycles. The van der Waals surface area contributed by atoms with Crippen LogP contribution in [0.5, 0.6) is 0 Å². The van der Waals surface area contributed by atoms with Crippen molar-refractivity contribution in [1.82, 2.24) is 5.32 Å². The van der Waals surface area contributed by atoms with Crippen LogP contribution in [0.3, 0.4) is 0 Å². The molecule has 0 aliphatic carbocycles. The van der Waals surface area contributed by atoms with Crippen LogP contribution in [0.2, 0.25) is 0 Å². The van der Waals surface area contributed by atoms with Gasteiger partial charge in [-0.15, -0.1) is 0 Å². The van der Waals surface area contributed by atoms with Crippen molar-refractivity contribution in [3.05, 3.63) is 59.7 Å². The number of halogens is 2. The maximum atomic E-state index is 13.6. The molecule has 0 saturated carbocycles. The van der Waals surface area contributed by atoms with Crippen molar-refractivity contribution < 1.29 is 26.8 Å². The maximum Gasteiger partial charge on any atom is 0.243 e. The van der Waals surface area contributed by atoms with Gasteiger partial charge in [0.1, 0.15) is 6.04 Å². The standard InChI is InChI=1S/C21H23F2N3O4S/c1-14(26(31(2,29)30)17-8-9-18(22)19(23)12-17)21(28)24-13-15-5-3-6-16(11-15)25-10-4-7-20(25)27/h3,5-6,8-9,11-12,14H,4,7,10,13H2,1-2H3,(H,24,28). The molecular formula is C21H23F2N3O4S. The third-order valence-electron chi connectivity index (χ3n) is 5.01. The van der Waals surface area contributed by atoms with Gasteiger partial charge >= 0.3 is 0 Å². The smallest absolute Gasteiger partial charge is 0.243 e. The summed E-state index contributed by atoms with van der Waals surface area (Å²) in [5, 5.41) is 2.66. The van der Waals surface area contributed by atoms with E-state index in [1.807, 2.05) is 6.07 Å². The van der Waals surface area contributed by atoms with Crippen LogP contribution in [0.25, 0.3) is 0 Å². The van der Waals surface area contributed by atoms with E-state index in [1.54, 1.807) is 23.1 Å². The number of sulfonamides is 1. The molecule has 1 atom stereocenters. The fourth-order valence-electron chi connectivity index (χ4n) is 3.52. The van der Waals surface area contributed by atoms with E-state index in [9.17, 15) is 26.8 Å². The van der Waals surface area contributed by atoms with Crippen LogP contribution in [0.4, 0.5) is 20.2 Å². The number of nitrogens with one attached hydrogen (secondary N) is 1. The second-order valence-corrected chi connectivity index (χ2v) is 9.23. The molecule has 0 radical (unpaired) electrons. The van der Waals surface area contributed by atoms with Crippen LogP contribution in [-0.4, -0.2) is 39.1 Å². The molecule has 31 heavy (non-hydrogen) atoms. The molecule has 0 aromatic heterocycles. The summed E-state index contributed by atoms with van der Waals surface area (Å²) in [5.74, 6) is -2.90. The number of anilines is 2. The zero-order chi connectivity index (χ0) is 22.8. The van der Waals surface area contributed by atoms with Crippen LogP contribution < -0.4 is 14.5 Å². The molecule has 1 N–H and O–H groups in total. The number of benzene rings is 2. The summed E-state index contributed by atoms with van der Waals surface area (Å²) in [7, 11) is -3.96. The highest BCUT2D eigenvalue weighted by Crippen LogP contribution is 2.24. The average molecular weight is 451 g/mol. The molecule has 0 spiro atoms. The summed E-state index contributed by atoms with van der Waals surface area (Å²) in [6.45, 7) is 2.11. The summed E-state index contributed by atoms with van der Waals surface area (Å²) >= 11 is 0. The number of rotatable bonds is 7. The summed E-state index contributed by atoms with van der Waals surface area (Å²) in [6.07, 6.45) is 2.18. The second kappa shape index (κ2) is 9.01. The van der Waals surface area contributed by atoms with Crippen molar-refractivity contribution in [1.29, 1.82) is 0 Å². The highest BCUT2D eigenvalue weighted by Gasteiger charge is 2.29.